The minimum absolute atomic E-state index is 0.116. The molecule has 154 valence electrons. The van der Waals surface area contributed by atoms with Crippen molar-refractivity contribution >= 4 is 27.5 Å². The minimum Gasteiger partial charge on any atom is -0.456 e. The molecule has 0 radical (unpaired) electrons. The molecule has 0 amide bonds. The van der Waals surface area contributed by atoms with Gasteiger partial charge >= 0.3 is 0 Å². The van der Waals surface area contributed by atoms with Crippen molar-refractivity contribution in [3.63, 3.8) is 0 Å². The highest BCUT2D eigenvalue weighted by Crippen LogP contribution is 2.57. The predicted octanol–water partition coefficient (Wildman–Crippen LogP) is 6.13. The van der Waals surface area contributed by atoms with E-state index < -0.39 is 0 Å². The van der Waals surface area contributed by atoms with Crippen LogP contribution in [0.25, 0.3) is 0 Å². The van der Waals surface area contributed by atoms with Crippen LogP contribution in [0.1, 0.15) is 36.8 Å². The van der Waals surface area contributed by atoms with Crippen LogP contribution in [0.4, 0.5) is 0 Å². The average Bonchev–Trinajstić information content (AvgIpc) is 3.38. The highest BCUT2D eigenvalue weighted by Gasteiger charge is 2.51. The molecule has 2 atom stereocenters. The summed E-state index contributed by atoms with van der Waals surface area (Å²) in [4.78, 5) is 9.04. The van der Waals surface area contributed by atoms with Crippen LogP contribution in [0.15, 0.2) is 65.7 Å². The zero-order valence-electron chi connectivity index (χ0n) is 16.6. The van der Waals surface area contributed by atoms with Crippen LogP contribution < -0.4 is 10.1 Å². The summed E-state index contributed by atoms with van der Waals surface area (Å²) in [5.74, 6) is 1.49. The Kier molecular flexibility index (Phi) is 5.30. The molecule has 1 aliphatic heterocycles. The first kappa shape index (κ1) is 20.0. The highest BCUT2D eigenvalue weighted by molar-refractivity contribution is 9.10. The van der Waals surface area contributed by atoms with E-state index in [1.165, 1.54) is 24.0 Å². The smallest absolute Gasteiger partial charge is 0.146 e. The first-order valence-corrected chi connectivity index (χ1v) is 11.4. The maximum absolute atomic E-state index is 6.10. The van der Waals surface area contributed by atoms with Gasteiger partial charge in [0, 0.05) is 40.0 Å². The van der Waals surface area contributed by atoms with Gasteiger partial charge < -0.3 is 10.1 Å². The first-order chi connectivity index (χ1) is 14.6. The second kappa shape index (κ2) is 7.95. The Bertz CT molecular complexity index is 1050. The maximum Gasteiger partial charge on any atom is 0.146 e. The molecule has 1 spiro atoms. The van der Waals surface area contributed by atoms with Crippen molar-refractivity contribution in [3.05, 3.63) is 81.8 Å². The van der Waals surface area contributed by atoms with Gasteiger partial charge in [0.15, 0.2) is 0 Å². The summed E-state index contributed by atoms with van der Waals surface area (Å²) >= 11 is 9.62. The van der Waals surface area contributed by atoms with E-state index in [2.05, 4.69) is 43.3 Å². The van der Waals surface area contributed by atoms with Gasteiger partial charge in [-0.2, -0.15) is 0 Å². The number of pyridine rings is 2. The van der Waals surface area contributed by atoms with Crippen molar-refractivity contribution < 1.29 is 4.74 Å². The van der Waals surface area contributed by atoms with Crippen molar-refractivity contribution in [2.24, 2.45) is 5.41 Å². The third-order valence-corrected chi connectivity index (χ3v) is 7.35. The van der Waals surface area contributed by atoms with E-state index in [1.54, 1.807) is 6.20 Å². The van der Waals surface area contributed by atoms with E-state index in [0.717, 1.165) is 41.9 Å². The third-order valence-electron chi connectivity index (χ3n) is 6.66. The van der Waals surface area contributed by atoms with E-state index in [-0.39, 0.29) is 5.41 Å². The third kappa shape index (κ3) is 3.75. The Morgan fingerprint density at radius 3 is 2.40 bits per heavy atom. The molecule has 1 saturated heterocycles. The fourth-order valence-electron chi connectivity index (χ4n) is 5.16. The van der Waals surface area contributed by atoms with Gasteiger partial charge in [-0.1, -0.05) is 11.6 Å². The van der Waals surface area contributed by atoms with Gasteiger partial charge in [-0.05, 0) is 101 Å². The summed E-state index contributed by atoms with van der Waals surface area (Å²) in [6.07, 6.45) is 12.2. The zero-order valence-corrected chi connectivity index (χ0v) is 18.9. The molecule has 30 heavy (non-hydrogen) atoms. The molecule has 2 aromatic heterocycles. The predicted molar refractivity (Wildman–Crippen MR) is 122 cm³/mol. The van der Waals surface area contributed by atoms with Crippen LogP contribution in [-0.2, 0) is 5.41 Å². The number of nitrogens with one attached hydrogen (secondary N) is 1. The average molecular weight is 485 g/mol. The lowest BCUT2D eigenvalue weighted by atomic mass is 9.71. The molecular formula is C24H23BrClN3O. The van der Waals surface area contributed by atoms with Gasteiger partial charge in [0.1, 0.15) is 11.5 Å². The lowest BCUT2D eigenvalue weighted by molar-refractivity contribution is 0.316. The SMILES string of the molecule is Clc1ccc(Oc2cncc(C3(c4cncc(Br)c4)CCC4(CCNC4)C3)c2)cc1. The second-order valence-electron chi connectivity index (χ2n) is 8.54. The minimum atomic E-state index is -0.116. The Labute approximate surface area is 190 Å². The van der Waals surface area contributed by atoms with Crippen molar-refractivity contribution in [1.82, 2.24) is 15.3 Å². The molecular weight excluding hydrogens is 462 g/mol. The van der Waals surface area contributed by atoms with Crippen LogP contribution >= 0.6 is 27.5 Å². The molecule has 4 nitrogen and oxygen atoms in total. The fraction of sp³-hybridized carbons (Fsp3) is 0.333. The van der Waals surface area contributed by atoms with Gasteiger partial charge in [-0.3, -0.25) is 9.97 Å². The lowest BCUT2D eigenvalue weighted by Gasteiger charge is -2.33. The summed E-state index contributed by atoms with van der Waals surface area (Å²) in [6.45, 7) is 2.19. The summed E-state index contributed by atoms with van der Waals surface area (Å²) in [6, 6.07) is 11.8. The van der Waals surface area contributed by atoms with E-state index in [4.69, 9.17) is 16.3 Å². The quantitative estimate of drug-likeness (QED) is 0.483. The Morgan fingerprint density at radius 1 is 0.900 bits per heavy atom. The van der Waals surface area contributed by atoms with Gasteiger partial charge in [-0.15, -0.1) is 0 Å². The molecule has 3 aromatic rings. The van der Waals surface area contributed by atoms with E-state index in [9.17, 15) is 0 Å². The topological polar surface area (TPSA) is 47.0 Å². The Morgan fingerprint density at radius 2 is 1.67 bits per heavy atom. The summed E-state index contributed by atoms with van der Waals surface area (Å²) < 4.78 is 7.10. The molecule has 5 rings (SSSR count). The van der Waals surface area contributed by atoms with E-state index in [0.29, 0.717) is 10.4 Å². The van der Waals surface area contributed by atoms with Gasteiger partial charge in [-0.25, -0.2) is 0 Å². The number of ether oxygens (including phenoxy) is 1. The molecule has 6 heteroatoms. The number of hydrogen-bond donors (Lipinski definition) is 1. The van der Waals surface area contributed by atoms with Gasteiger partial charge in [0.05, 0.1) is 6.20 Å². The van der Waals surface area contributed by atoms with E-state index >= 15 is 0 Å². The maximum atomic E-state index is 6.10. The van der Waals surface area contributed by atoms with Crippen LogP contribution in [0.5, 0.6) is 11.5 Å². The van der Waals surface area contributed by atoms with E-state index in [1.807, 2.05) is 42.9 Å². The molecule has 2 aliphatic rings. The molecule has 2 unspecified atom stereocenters. The zero-order chi connectivity index (χ0) is 20.6. The second-order valence-corrected chi connectivity index (χ2v) is 9.89. The van der Waals surface area contributed by atoms with Crippen molar-refractivity contribution in [1.29, 1.82) is 0 Å². The van der Waals surface area contributed by atoms with Crippen LogP contribution in [-0.4, -0.2) is 23.1 Å². The largest absolute Gasteiger partial charge is 0.456 e. The van der Waals surface area contributed by atoms with Crippen molar-refractivity contribution in [2.75, 3.05) is 13.1 Å². The molecule has 0 bridgehead atoms. The Balaban J connectivity index is 1.54. The molecule has 3 heterocycles. The number of halogens is 2. The van der Waals surface area contributed by atoms with Gasteiger partial charge in [0.2, 0.25) is 0 Å². The number of nitrogens with zero attached hydrogens (tertiary/aromatic N) is 2. The van der Waals surface area contributed by atoms with Crippen molar-refractivity contribution in [3.8, 4) is 11.5 Å². The summed E-state index contributed by atoms with van der Waals surface area (Å²) in [7, 11) is 0. The number of aromatic nitrogens is 2. The highest BCUT2D eigenvalue weighted by atomic mass is 79.9. The molecule has 1 N–H and O–H groups in total. The molecule has 1 saturated carbocycles. The monoisotopic (exact) mass is 483 g/mol. The Hall–Kier alpha value is -1.95. The normalized spacial score (nSPS) is 25.7. The number of rotatable bonds is 4. The standard InChI is InChI=1S/C24H23BrClN3O/c25-19-9-17(11-28-13-19)24(6-5-23(15-24)7-8-27-16-23)18-10-22(14-29-12-18)30-21-3-1-20(26)2-4-21/h1-4,9-14,27H,5-8,15-16H2. The van der Waals surface area contributed by atoms with Crippen LogP contribution in [0.3, 0.4) is 0 Å². The van der Waals surface area contributed by atoms with Crippen LogP contribution in [0.2, 0.25) is 5.02 Å². The van der Waals surface area contributed by atoms with Crippen LogP contribution in [0, 0.1) is 5.41 Å². The van der Waals surface area contributed by atoms with Crippen molar-refractivity contribution in [2.45, 2.75) is 31.1 Å². The molecule has 1 aliphatic carbocycles. The molecule has 1 aromatic carbocycles. The summed E-state index contributed by atoms with van der Waals surface area (Å²) in [5.41, 5.74) is 2.66. The molecule has 2 fully saturated rings. The summed E-state index contributed by atoms with van der Waals surface area (Å²) in [5, 5.41) is 4.27. The number of benzene rings is 1. The van der Waals surface area contributed by atoms with Gasteiger partial charge in [0.25, 0.3) is 0 Å². The number of hydrogen-bond acceptors (Lipinski definition) is 4. The fourth-order valence-corrected chi connectivity index (χ4v) is 5.65. The lowest BCUT2D eigenvalue weighted by Crippen LogP contribution is -2.29. The first-order valence-electron chi connectivity index (χ1n) is 10.3.